The first kappa shape index (κ1) is 18.5. The summed E-state index contributed by atoms with van der Waals surface area (Å²) in [5, 5.41) is 9.11. The second-order valence-electron chi connectivity index (χ2n) is 8.75. The summed E-state index contributed by atoms with van der Waals surface area (Å²) >= 11 is 0. The van der Waals surface area contributed by atoms with Gasteiger partial charge in [0.2, 0.25) is 5.43 Å². The molecule has 3 fully saturated rings. The average molecular weight is 403 g/mol. The lowest BCUT2D eigenvalue weighted by molar-refractivity contribution is 0.0694. The number of carbonyl (C=O) groups is 1. The van der Waals surface area contributed by atoms with Crippen molar-refractivity contribution in [3.63, 3.8) is 0 Å². The van der Waals surface area contributed by atoms with Crippen molar-refractivity contribution in [2.75, 3.05) is 18.0 Å². The van der Waals surface area contributed by atoms with Gasteiger partial charge in [0, 0.05) is 30.9 Å². The van der Waals surface area contributed by atoms with Crippen LogP contribution >= 0.6 is 0 Å². The third kappa shape index (κ3) is 2.76. The third-order valence-corrected chi connectivity index (χ3v) is 6.96. The van der Waals surface area contributed by atoms with Gasteiger partial charge in [-0.1, -0.05) is 0 Å². The summed E-state index contributed by atoms with van der Waals surface area (Å²) in [5.41, 5.74) is 4.72. The molecular formula is C21H23F2N3O3. The number of nitrogens with two attached hydrogens (primary N) is 1. The van der Waals surface area contributed by atoms with E-state index in [4.69, 9.17) is 5.73 Å². The number of aromatic nitrogens is 1. The van der Waals surface area contributed by atoms with Crippen molar-refractivity contribution < 1.29 is 18.7 Å². The molecule has 3 aliphatic rings. The van der Waals surface area contributed by atoms with Crippen LogP contribution in [0.2, 0.25) is 0 Å². The second kappa shape index (κ2) is 6.26. The normalized spacial score (nSPS) is 23.4. The molecule has 154 valence electrons. The third-order valence-electron chi connectivity index (χ3n) is 6.96. The van der Waals surface area contributed by atoms with Crippen LogP contribution < -0.4 is 16.1 Å². The maximum absolute atomic E-state index is 15.6. The van der Waals surface area contributed by atoms with E-state index in [0.29, 0.717) is 13.1 Å². The summed E-state index contributed by atoms with van der Waals surface area (Å²) in [4.78, 5) is 25.7. The van der Waals surface area contributed by atoms with E-state index >= 15 is 8.78 Å². The lowest BCUT2D eigenvalue weighted by atomic mass is 9.68. The molecule has 2 aromatic rings. The molecule has 1 aromatic heterocycles. The van der Waals surface area contributed by atoms with Crippen molar-refractivity contribution in [1.82, 2.24) is 4.57 Å². The minimum absolute atomic E-state index is 0.00606. The van der Waals surface area contributed by atoms with Gasteiger partial charge in [0.25, 0.3) is 0 Å². The molecule has 0 spiro atoms. The molecular weight excluding hydrogens is 380 g/mol. The van der Waals surface area contributed by atoms with Gasteiger partial charge in [0.05, 0.1) is 10.9 Å². The summed E-state index contributed by atoms with van der Waals surface area (Å²) < 4.78 is 32.1. The van der Waals surface area contributed by atoms with Gasteiger partial charge in [-0.3, -0.25) is 4.79 Å². The zero-order valence-electron chi connectivity index (χ0n) is 16.0. The summed E-state index contributed by atoms with van der Waals surface area (Å²) in [6, 6.07) is 0.925. The lowest BCUT2D eigenvalue weighted by Gasteiger charge is -2.43. The van der Waals surface area contributed by atoms with Crippen LogP contribution in [-0.4, -0.2) is 34.3 Å². The number of fused-ring (bicyclic) bond motifs is 1. The lowest BCUT2D eigenvalue weighted by Crippen LogP contribution is -2.53. The average Bonchev–Trinajstić information content (AvgIpc) is 3.38. The minimum Gasteiger partial charge on any atom is -0.477 e. The van der Waals surface area contributed by atoms with Crippen molar-refractivity contribution in [1.29, 1.82) is 0 Å². The van der Waals surface area contributed by atoms with Crippen LogP contribution in [0.4, 0.5) is 14.5 Å². The predicted molar refractivity (Wildman–Crippen MR) is 104 cm³/mol. The van der Waals surface area contributed by atoms with Gasteiger partial charge in [0.15, 0.2) is 5.82 Å². The topological polar surface area (TPSA) is 88.6 Å². The van der Waals surface area contributed by atoms with Crippen molar-refractivity contribution in [2.45, 2.75) is 50.1 Å². The number of benzene rings is 1. The number of aromatic carboxylic acids is 1. The Morgan fingerprint density at radius 2 is 1.97 bits per heavy atom. The number of hydrogen-bond donors (Lipinski definition) is 2. The van der Waals surface area contributed by atoms with E-state index in [9.17, 15) is 14.7 Å². The SMILES string of the molecule is NC1(C2CCN(c3c(F)cc4c(=O)c(C(=O)O)cn(C5CC5)c4c3F)C2)CCC1. The van der Waals surface area contributed by atoms with Gasteiger partial charge in [-0.25, -0.2) is 13.6 Å². The number of rotatable bonds is 4. The van der Waals surface area contributed by atoms with Crippen molar-refractivity contribution in [2.24, 2.45) is 11.7 Å². The van der Waals surface area contributed by atoms with Crippen LogP contribution in [0.25, 0.3) is 10.9 Å². The molecule has 3 N–H and O–H groups in total. The minimum atomic E-state index is -1.40. The van der Waals surface area contributed by atoms with Crippen LogP contribution in [0.1, 0.15) is 54.9 Å². The maximum atomic E-state index is 15.6. The van der Waals surface area contributed by atoms with E-state index in [-0.39, 0.29) is 34.1 Å². The largest absolute Gasteiger partial charge is 0.477 e. The zero-order valence-corrected chi connectivity index (χ0v) is 16.0. The molecule has 1 unspecified atom stereocenters. The maximum Gasteiger partial charge on any atom is 0.341 e. The summed E-state index contributed by atoms with van der Waals surface area (Å²) in [7, 11) is 0. The fourth-order valence-corrected chi connectivity index (χ4v) is 4.94. The number of halogens is 2. The first-order chi connectivity index (χ1) is 13.8. The van der Waals surface area contributed by atoms with Gasteiger partial charge < -0.3 is 20.3 Å². The molecule has 6 nitrogen and oxygen atoms in total. The van der Waals surface area contributed by atoms with E-state index in [1.165, 1.54) is 10.8 Å². The Morgan fingerprint density at radius 3 is 2.55 bits per heavy atom. The smallest absolute Gasteiger partial charge is 0.341 e. The fourth-order valence-electron chi connectivity index (χ4n) is 4.94. The molecule has 29 heavy (non-hydrogen) atoms. The van der Waals surface area contributed by atoms with E-state index < -0.39 is 28.6 Å². The van der Waals surface area contributed by atoms with Gasteiger partial charge in [-0.15, -0.1) is 0 Å². The predicted octanol–water partition coefficient (Wildman–Crippen LogP) is 3.02. The summed E-state index contributed by atoms with van der Waals surface area (Å²) in [6.45, 7) is 0.987. The quantitative estimate of drug-likeness (QED) is 0.819. The highest BCUT2D eigenvalue weighted by atomic mass is 19.1. The molecule has 0 amide bonds. The highest BCUT2D eigenvalue weighted by molar-refractivity contribution is 5.94. The molecule has 2 saturated carbocycles. The number of anilines is 1. The molecule has 1 atom stereocenters. The van der Waals surface area contributed by atoms with Crippen molar-refractivity contribution >= 4 is 22.6 Å². The standard InChI is InChI=1S/C21H23F2N3O3/c22-15-8-13-17(26(12-2-3-12)10-14(19(13)27)20(28)29)16(23)18(15)25-7-4-11(9-25)21(24)5-1-6-21/h8,10-12H,1-7,9,24H2,(H,28,29). The molecule has 1 aliphatic heterocycles. The Morgan fingerprint density at radius 1 is 1.24 bits per heavy atom. The van der Waals surface area contributed by atoms with Gasteiger partial charge in [-0.2, -0.15) is 0 Å². The van der Waals surface area contributed by atoms with Gasteiger partial charge >= 0.3 is 5.97 Å². The van der Waals surface area contributed by atoms with Crippen molar-refractivity contribution in [3.8, 4) is 0 Å². The molecule has 0 radical (unpaired) electrons. The highest BCUT2D eigenvalue weighted by Crippen LogP contribution is 2.43. The van der Waals surface area contributed by atoms with Crippen LogP contribution in [0, 0.1) is 17.6 Å². The van der Waals surface area contributed by atoms with Crippen LogP contribution in [0.15, 0.2) is 17.1 Å². The van der Waals surface area contributed by atoms with E-state index in [0.717, 1.165) is 44.6 Å². The van der Waals surface area contributed by atoms with Crippen molar-refractivity contribution in [3.05, 3.63) is 39.7 Å². The van der Waals surface area contributed by atoms with Crippen LogP contribution in [0.5, 0.6) is 0 Å². The van der Waals surface area contributed by atoms with Gasteiger partial charge in [0.1, 0.15) is 17.1 Å². The Hall–Kier alpha value is -2.48. The number of carboxylic acid groups (broad SMARTS) is 1. The monoisotopic (exact) mass is 403 g/mol. The fraction of sp³-hybridized carbons (Fsp3) is 0.524. The van der Waals surface area contributed by atoms with E-state index in [1.807, 2.05) is 0 Å². The number of hydrogen-bond acceptors (Lipinski definition) is 4. The van der Waals surface area contributed by atoms with E-state index in [2.05, 4.69) is 0 Å². The van der Waals surface area contributed by atoms with Crippen LogP contribution in [0.3, 0.4) is 0 Å². The summed E-state index contributed by atoms with van der Waals surface area (Å²) in [6.07, 6.45) is 6.48. The molecule has 2 aliphatic carbocycles. The van der Waals surface area contributed by atoms with E-state index in [1.54, 1.807) is 4.90 Å². The van der Waals surface area contributed by atoms with Crippen LogP contribution in [-0.2, 0) is 0 Å². The molecule has 0 bridgehead atoms. The number of pyridine rings is 1. The van der Waals surface area contributed by atoms with Gasteiger partial charge in [-0.05, 0) is 50.5 Å². The molecule has 5 rings (SSSR count). The Labute approximate surface area is 165 Å². The highest BCUT2D eigenvalue weighted by Gasteiger charge is 2.44. The first-order valence-electron chi connectivity index (χ1n) is 10.1. The first-order valence-corrected chi connectivity index (χ1v) is 10.1. The molecule has 1 aromatic carbocycles. The molecule has 1 saturated heterocycles. The molecule has 8 heteroatoms. The Balaban J connectivity index is 1.64. The Bertz CT molecular complexity index is 1090. The number of nitrogens with zero attached hydrogens (tertiary/aromatic N) is 2. The summed E-state index contributed by atoms with van der Waals surface area (Å²) in [5.74, 6) is -2.84. The Kier molecular flexibility index (Phi) is 4.00. The second-order valence-corrected chi connectivity index (χ2v) is 8.75. The number of carboxylic acids is 1. The molecule has 2 heterocycles. The zero-order chi connectivity index (χ0) is 20.5.